The van der Waals surface area contributed by atoms with Crippen molar-refractivity contribution in [2.75, 3.05) is 13.2 Å². The average molecular weight is 1330 g/mol. The number of benzene rings is 1. The Kier molecular flexibility index (Phi) is 21.3. The van der Waals surface area contributed by atoms with Gasteiger partial charge in [-0.15, -0.1) is 28.9 Å². The Morgan fingerprint density at radius 2 is 1.41 bits per heavy atom. The fraction of sp³-hybridized carbons (Fsp3) is 0.645. The van der Waals surface area contributed by atoms with Gasteiger partial charge in [0.15, 0.2) is 6.23 Å². The molecule has 1 radical (unpaired) electrons. The fourth-order valence-corrected chi connectivity index (χ4v) is 16.7. The van der Waals surface area contributed by atoms with Crippen LogP contribution in [-0.2, 0) is 68.7 Å². The first-order chi connectivity index (χ1) is 41.8. The minimum atomic E-state index is -5.07. The van der Waals surface area contributed by atoms with Crippen molar-refractivity contribution in [2.24, 2.45) is 73.8 Å². The Hall–Kier alpha value is -6.36. The van der Waals surface area contributed by atoms with Crippen LogP contribution in [-0.4, -0.2) is 127 Å². The number of nitrogens with one attached hydrogen (secondary N) is 1. The number of phosphoric ester groups is 1. The van der Waals surface area contributed by atoms with Crippen LogP contribution in [0.4, 0.5) is 0 Å². The number of aliphatic hydroxyl groups excluding tert-OH is 2. The van der Waals surface area contributed by atoms with E-state index in [4.69, 9.17) is 69.5 Å². The maximum Gasteiger partial charge on any atom is 0.472 e. The predicted octanol–water partition coefficient (Wildman–Crippen LogP) is 5.12. The SMILES string of the molecule is C/C1=C2/[N-]C(/C=C3\[N-]C(/C(C)=C4\[N-]C(C(CC(N)=O)C4(C)CCC(=O)NCC(C)OP(=O)(O)OC4C(CO)OC(n5cnc6cc(C)c(C)cc65)C4O)C4(C)[N-]C1=C(CCC(N)=O)C4(C)CC(N)=O)C(CCC(N)=O)C3(C)C)C(CCC(N)=O)C2(C)CC(N)=O.[Co]. The zero-order chi connectivity index (χ0) is 66.7. The number of primary amides is 6. The number of nitrogens with two attached hydrogens (primary N) is 6. The molecule has 8 bridgehead atoms. The van der Waals surface area contributed by atoms with Gasteiger partial charge in [0, 0.05) is 68.3 Å². The fourth-order valence-electron chi connectivity index (χ4n) is 15.5. The van der Waals surface area contributed by atoms with Crippen LogP contribution in [0, 0.1) is 53.3 Å². The van der Waals surface area contributed by atoms with Crippen molar-refractivity contribution in [3.63, 3.8) is 0 Å². The van der Waals surface area contributed by atoms with Gasteiger partial charge in [-0.25, -0.2) is 9.55 Å². The Balaban J connectivity index is 0.0000118. The minimum Gasteiger partial charge on any atom is -0.685 e. The summed E-state index contributed by atoms with van der Waals surface area (Å²) in [5.74, 6) is -6.35. The third-order valence-corrected chi connectivity index (χ3v) is 21.8. The monoisotopic (exact) mass is 1330 g/mol. The van der Waals surface area contributed by atoms with Gasteiger partial charge in [0.1, 0.15) is 18.3 Å². The zero-order valence-corrected chi connectivity index (χ0v) is 55.5. The number of carbonyl (C=O) groups is 7. The van der Waals surface area contributed by atoms with Gasteiger partial charge in [-0.05, 0) is 123 Å². The second-order valence-corrected chi connectivity index (χ2v) is 28.5. The van der Waals surface area contributed by atoms with Gasteiger partial charge in [0.05, 0.1) is 30.1 Å². The smallest absolute Gasteiger partial charge is 0.472 e. The molecule has 16 atom stereocenters. The van der Waals surface area contributed by atoms with E-state index < -0.39 is 150 Å². The second-order valence-electron chi connectivity index (χ2n) is 27.1. The molecule has 1 aromatic carbocycles. The molecule has 4 saturated heterocycles. The molecule has 16 unspecified atom stereocenters. The number of allylic oxidation sites excluding steroid dienone is 4. The van der Waals surface area contributed by atoms with Gasteiger partial charge in [0.25, 0.3) is 0 Å². The number of hydrogen-bond donors (Lipinski definition) is 10. The number of hydrogen-bond acceptors (Lipinski definition) is 14. The van der Waals surface area contributed by atoms with E-state index in [9.17, 15) is 53.2 Å². The maximum atomic E-state index is 14.4. The molecule has 29 heteroatoms. The van der Waals surface area contributed by atoms with Crippen LogP contribution in [0.25, 0.3) is 32.3 Å². The van der Waals surface area contributed by atoms with Crippen LogP contribution >= 0.6 is 7.82 Å². The third kappa shape index (κ3) is 13.8. The van der Waals surface area contributed by atoms with Crippen LogP contribution in [0.3, 0.4) is 0 Å². The number of amides is 7. The summed E-state index contributed by atoms with van der Waals surface area (Å²) in [6.07, 6.45) is -4.33. The summed E-state index contributed by atoms with van der Waals surface area (Å²) in [4.78, 5) is 109. The van der Waals surface area contributed by atoms with Crippen LogP contribution in [0.1, 0.15) is 150 Å². The molecular weight excluding hydrogens is 1240 g/mol. The van der Waals surface area contributed by atoms with E-state index >= 15 is 0 Å². The van der Waals surface area contributed by atoms with Crippen LogP contribution in [0.5, 0.6) is 0 Å². The first-order valence-electron chi connectivity index (χ1n) is 30.6. The van der Waals surface area contributed by atoms with Crippen LogP contribution < -0.4 is 39.7 Å². The van der Waals surface area contributed by atoms with Crippen molar-refractivity contribution in [1.82, 2.24) is 14.9 Å². The number of phosphoric acid groups is 1. The van der Waals surface area contributed by atoms with E-state index in [1.165, 1.54) is 13.3 Å². The van der Waals surface area contributed by atoms with Crippen molar-refractivity contribution in [3.05, 3.63) is 96.4 Å². The minimum absolute atomic E-state index is 0. The molecule has 6 aliphatic rings. The largest absolute Gasteiger partial charge is 0.685 e. The Labute approximate surface area is 541 Å². The normalized spacial score (nSPS) is 34.6. The first-order valence-corrected chi connectivity index (χ1v) is 32.1. The second kappa shape index (κ2) is 26.9. The van der Waals surface area contributed by atoms with E-state index in [2.05, 4.69) is 10.3 Å². The van der Waals surface area contributed by atoms with Crippen molar-refractivity contribution in [3.8, 4) is 0 Å². The van der Waals surface area contributed by atoms with Crippen molar-refractivity contribution >= 4 is 60.2 Å². The number of ether oxygens (including phenoxy) is 1. The van der Waals surface area contributed by atoms with E-state index in [-0.39, 0.29) is 94.0 Å². The number of aryl methyl sites for hydroxylation is 2. The van der Waals surface area contributed by atoms with Crippen molar-refractivity contribution < 1.29 is 83.8 Å². The number of nitrogens with zero attached hydrogens (tertiary/aromatic N) is 6. The maximum absolute atomic E-state index is 14.4. The van der Waals surface area contributed by atoms with Gasteiger partial charge in [-0.2, -0.15) is 17.1 Å². The Morgan fingerprint density at radius 3 is 2.00 bits per heavy atom. The molecule has 505 valence electrons. The van der Waals surface area contributed by atoms with Gasteiger partial charge < -0.3 is 85.4 Å². The number of imidazole rings is 1. The van der Waals surface area contributed by atoms with Gasteiger partial charge in [0.2, 0.25) is 41.4 Å². The van der Waals surface area contributed by atoms with Gasteiger partial charge >= 0.3 is 7.82 Å². The van der Waals surface area contributed by atoms with E-state index in [1.807, 2.05) is 66.7 Å². The number of rotatable bonds is 26. The molecule has 6 aliphatic heterocycles. The molecule has 0 aliphatic carbocycles. The molecule has 7 heterocycles. The summed E-state index contributed by atoms with van der Waals surface area (Å²) in [5, 5.41) is 46.7. The summed E-state index contributed by atoms with van der Waals surface area (Å²) in [6.45, 7) is 19.2. The summed E-state index contributed by atoms with van der Waals surface area (Å²) < 4.78 is 32.3. The quantitative estimate of drug-likeness (QED) is 0.0547. The number of fused-ring (bicyclic) bond motifs is 10. The average Bonchev–Trinajstić information content (AvgIpc) is 1.53. The predicted molar refractivity (Wildman–Crippen MR) is 333 cm³/mol. The van der Waals surface area contributed by atoms with E-state index in [0.717, 1.165) is 11.1 Å². The molecular formula is C62H90CoN13O14P-4. The molecule has 0 spiro atoms. The number of aromatic nitrogens is 2. The molecule has 1 aromatic heterocycles. The molecule has 16 N–H and O–H groups in total. The summed E-state index contributed by atoms with van der Waals surface area (Å²) in [5.41, 5.74) is 36.5. The molecule has 0 saturated carbocycles. The first kappa shape index (κ1) is 72.1. The molecule has 8 rings (SSSR count). The third-order valence-electron chi connectivity index (χ3n) is 20.6. The summed E-state index contributed by atoms with van der Waals surface area (Å²) in [6, 6.07) is 1.21. The molecule has 2 aromatic rings. The van der Waals surface area contributed by atoms with E-state index in [1.54, 1.807) is 25.3 Å². The number of aliphatic hydroxyl groups is 2. The van der Waals surface area contributed by atoms with Crippen molar-refractivity contribution in [1.29, 1.82) is 0 Å². The standard InChI is InChI=1S/C62H90N13O14P.Co/c1-29-20-39-40(21-30(29)2)75(28-70-39)57-52(84)53(41(27-76)87-57)89-90(85,86)88-31(3)26-69-49(83)18-19-59(8)37(22-46(66)80)56-62(11)61(10,25-48(68)82)36(14-17-45(65)79)51(74-62)33(5)55-60(9,24-47(67)81)34(12-15-43(63)77)38(71-55)23-42-58(6,7)35(13-16-44(64)78)50(72-42)32(4)54(59)73-56;/h20-21,23,28,31,34-35,37-38,41,50,52-53,56-57,76,84H,12-19,22,24-27H2,1-11H3,(H2,63,77)(H2,64,78)(H2,65,79)(H2,66,80)(H2,67,81)(H2,68,82)(H,69,83)(H,85,86);/q-4;/b42-23-,54-32-,55-33-;. The molecule has 4 fully saturated rings. The number of carbonyl (C=O) groups excluding carboxylic acids is 7. The van der Waals surface area contributed by atoms with E-state index in [0.29, 0.717) is 50.5 Å². The van der Waals surface area contributed by atoms with Crippen LogP contribution in [0.2, 0.25) is 0 Å². The topological polar surface area (TPSA) is 467 Å². The Bertz CT molecular complexity index is 3420. The van der Waals surface area contributed by atoms with Crippen LogP contribution in [0.15, 0.2) is 64.0 Å². The Morgan fingerprint density at radius 1 is 0.791 bits per heavy atom. The molecule has 91 heavy (non-hydrogen) atoms. The zero-order valence-electron chi connectivity index (χ0n) is 53.6. The van der Waals surface area contributed by atoms with Gasteiger partial charge in [-0.3, -0.25) is 42.6 Å². The summed E-state index contributed by atoms with van der Waals surface area (Å²) >= 11 is 0. The van der Waals surface area contributed by atoms with Crippen molar-refractivity contribution in [2.45, 2.75) is 201 Å². The molecule has 7 amide bonds. The van der Waals surface area contributed by atoms with Gasteiger partial charge in [-0.1, -0.05) is 64.8 Å². The summed E-state index contributed by atoms with van der Waals surface area (Å²) in [7, 11) is -5.07. The molecule has 27 nitrogen and oxygen atoms in total.